The summed E-state index contributed by atoms with van der Waals surface area (Å²) in [6.07, 6.45) is 4.24. The Bertz CT molecular complexity index is 1040. The molecule has 7 heteroatoms. The molecule has 0 fully saturated rings. The lowest BCUT2D eigenvalue weighted by Gasteiger charge is -2.16. The van der Waals surface area contributed by atoms with Gasteiger partial charge in [-0.15, -0.1) is 0 Å². The van der Waals surface area contributed by atoms with Crippen molar-refractivity contribution >= 4 is 10.0 Å². The Morgan fingerprint density at radius 3 is 2.68 bits per heavy atom. The SMILES string of the molecule is O=S(=O)(NCC#CCOc1ccc2c(c1)OCO2)c1ccc2c(c1)CCCC2. The van der Waals surface area contributed by atoms with Gasteiger partial charge in [0.15, 0.2) is 11.5 Å². The molecule has 0 saturated carbocycles. The average molecular weight is 399 g/mol. The molecular formula is C21H21NO5S. The number of benzene rings is 2. The van der Waals surface area contributed by atoms with Gasteiger partial charge in [0, 0.05) is 6.07 Å². The number of hydrogen-bond donors (Lipinski definition) is 1. The summed E-state index contributed by atoms with van der Waals surface area (Å²) in [6.45, 7) is 0.396. The van der Waals surface area contributed by atoms with Crippen molar-refractivity contribution in [2.24, 2.45) is 0 Å². The number of hydrogen-bond acceptors (Lipinski definition) is 5. The molecule has 1 N–H and O–H groups in total. The Labute approximate surface area is 164 Å². The van der Waals surface area contributed by atoms with Gasteiger partial charge in [0.05, 0.1) is 11.4 Å². The summed E-state index contributed by atoms with van der Waals surface area (Å²) in [5.41, 5.74) is 2.39. The van der Waals surface area contributed by atoms with Crippen molar-refractivity contribution in [3.8, 4) is 29.1 Å². The summed E-state index contributed by atoms with van der Waals surface area (Å²) >= 11 is 0. The first-order valence-electron chi connectivity index (χ1n) is 9.21. The second-order valence-corrected chi connectivity index (χ2v) is 8.39. The van der Waals surface area contributed by atoms with Gasteiger partial charge >= 0.3 is 0 Å². The predicted molar refractivity (Wildman–Crippen MR) is 104 cm³/mol. The first-order chi connectivity index (χ1) is 13.6. The third kappa shape index (κ3) is 4.24. The second-order valence-electron chi connectivity index (χ2n) is 6.62. The van der Waals surface area contributed by atoms with Crippen LogP contribution in [0.5, 0.6) is 17.2 Å². The van der Waals surface area contributed by atoms with E-state index >= 15 is 0 Å². The Morgan fingerprint density at radius 2 is 1.79 bits per heavy atom. The molecule has 0 spiro atoms. The second kappa shape index (κ2) is 8.13. The standard InChI is InChI=1S/C21H21NO5S/c23-28(24,19-9-7-16-5-1-2-6-17(16)13-19)22-11-3-4-12-25-18-8-10-20-21(14-18)27-15-26-20/h7-10,13-14,22H,1-2,5-6,11-12,15H2. The Balaban J connectivity index is 1.29. The molecule has 6 nitrogen and oxygen atoms in total. The number of ether oxygens (including phenoxy) is 3. The summed E-state index contributed by atoms with van der Waals surface area (Å²) in [7, 11) is -3.56. The predicted octanol–water partition coefficient (Wildman–Crippen LogP) is 2.65. The summed E-state index contributed by atoms with van der Waals surface area (Å²) in [5.74, 6) is 7.53. The van der Waals surface area contributed by atoms with Crippen molar-refractivity contribution in [3.05, 3.63) is 47.5 Å². The van der Waals surface area contributed by atoms with Crippen LogP contribution in [-0.4, -0.2) is 28.4 Å². The van der Waals surface area contributed by atoms with Crippen LogP contribution in [0.2, 0.25) is 0 Å². The maximum Gasteiger partial charge on any atom is 0.241 e. The van der Waals surface area contributed by atoms with Crippen molar-refractivity contribution < 1.29 is 22.6 Å². The zero-order valence-electron chi connectivity index (χ0n) is 15.4. The van der Waals surface area contributed by atoms with E-state index in [1.165, 1.54) is 12.0 Å². The lowest BCUT2D eigenvalue weighted by Crippen LogP contribution is -2.24. The first-order valence-corrected chi connectivity index (χ1v) is 10.7. The van der Waals surface area contributed by atoms with E-state index in [1.54, 1.807) is 30.3 Å². The zero-order chi connectivity index (χ0) is 19.4. The Morgan fingerprint density at radius 1 is 0.964 bits per heavy atom. The Kier molecular flexibility index (Phi) is 5.42. The molecular weight excluding hydrogens is 378 g/mol. The first kappa shape index (κ1) is 18.7. The molecule has 0 unspecified atom stereocenters. The summed E-state index contributed by atoms with van der Waals surface area (Å²) in [4.78, 5) is 0.298. The molecule has 0 amide bonds. The van der Waals surface area contributed by atoms with Crippen LogP contribution in [0.25, 0.3) is 0 Å². The van der Waals surface area contributed by atoms with Gasteiger partial charge in [-0.3, -0.25) is 0 Å². The highest BCUT2D eigenvalue weighted by Crippen LogP contribution is 2.35. The topological polar surface area (TPSA) is 73.9 Å². The number of nitrogens with one attached hydrogen (secondary N) is 1. The molecule has 0 radical (unpaired) electrons. The van der Waals surface area contributed by atoms with Crippen LogP contribution in [0.3, 0.4) is 0 Å². The lowest BCUT2D eigenvalue weighted by atomic mass is 9.92. The molecule has 2 aromatic rings. The molecule has 1 aliphatic heterocycles. The molecule has 0 saturated heterocycles. The van der Waals surface area contributed by atoms with E-state index in [1.807, 2.05) is 6.07 Å². The van der Waals surface area contributed by atoms with Gasteiger partial charge in [0.2, 0.25) is 16.8 Å². The minimum absolute atomic E-state index is 0.0317. The molecule has 2 aliphatic rings. The number of rotatable bonds is 5. The largest absolute Gasteiger partial charge is 0.481 e. The van der Waals surface area contributed by atoms with E-state index in [-0.39, 0.29) is 19.9 Å². The molecule has 1 aliphatic carbocycles. The van der Waals surface area contributed by atoms with E-state index in [0.717, 1.165) is 24.8 Å². The van der Waals surface area contributed by atoms with Gasteiger partial charge in [-0.1, -0.05) is 17.9 Å². The average Bonchev–Trinajstić information content (AvgIpc) is 3.18. The quantitative estimate of drug-likeness (QED) is 0.783. The maximum atomic E-state index is 12.4. The molecule has 4 rings (SSSR count). The van der Waals surface area contributed by atoms with Gasteiger partial charge in [-0.2, -0.15) is 4.72 Å². The molecule has 0 atom stereocenters. The van der Waals surface area contributed by atoms with Crippen LogP contribution in [0.15, 0.2) is 41.3 Å². The highest BCUT2D eigenvalue weighted by Gasteiger charge is 2.17. The third-order valence-electron chi connectivity index (χ3n) is 4.76. The zero-order valence-corrected chi connectivity index (χ0v) is 16.2. The van der Waals surface area contributed by atoms with Gasteiger partial charge in [-0.05, 0) is 61.1 Å². The Hall–Kier alpha value is -2.69. The normalized spacial score (nSPS) is 14.7. The molecule has 1 heterocycles. The van der Waals surface area contributed by atoms with E-state index in [4.69, 9.17) is 14.2 Å². The highest BCUT2D eigenvalue weighted by molar-refractivity contribution is 7.89. The van der Waals surface area contributed by atoms with Crippen LogP contribution in [0.4, 0.5) is 0 Å². The van der Waals surface area contributed by atoms with Crippen LogP contribution < -0.4 is 18.9 Å². The fraction of sp³-hybridized carbons (Fsp3) is 0.333. The van der Waals surface area contributed by atoms with Crippen molar-refractivity contribution in [2.75, 3.05) is 19.9 Å². The monoisotopic (exact) mass is 399 g/mol. The summed E-state index contributed by atoms with van der Waals surface area (Å²) in [6, 6.07) is 10.7. The van der Waals surface area contributed by atoms with Crippen molar-refractivity contribution in [2.45, 2.75) is 30.6 Å². The van der Waals surface area contributed by atoms with Crippen molar-refractivity contribution in [1.82, 2.24) is 4.72 Å². The molecule has 146 valence electrons. The van der Waals surface area contributed by atoms with Crippen molar-refractivity contribution in [1.29, 1.82) is 0 Å². The van der Waals surface area contributed by atoms with Crippen molar-refractivity contribution in [3.63, 3.8) is 0 Å². The van der Waals surface area contributed by atoms with Crippen LogP contribution >= 0.6 is 0 Å². The number of sulfonamides is 1. The fourth-order valence-corrected chi connectivity index (χ4v) is 4.26. The lowest BCUT2D eigenvalue weighted by molar-refractivity contribution is 0.174. The van der Waals surface area contributed by atoms with Gasteiger partial charge < -0.3 is 14.2 Å². The molecule has 28 heavy (non-hydrogen) atoms. The van der Waals surface area contributed by atoms with Crippen LogP contribution in [0, 0.1) is 11.8 Å². The van der Waals surface area contributed by atoms with E-state index < -0.39 is 10.0 Å². The van der Waals surface area contributed by atoms with Gasteiger partial charge in [0.1, 0.15) is 12.4 Å². The van der Waals surface area contributed by atoms with Gasteiger partial charge in [0.25, 0.3) is 0 Å². The van der Waals surface area contributed by atoms with E-state index in [9.17, 15) is 8.42 Å². The molecule has 0 aromatic heterocycles. The van der Waals surface area contributed by atoms with Crippen LogP contribution in [-0.2, 0) is 22.9 Å². The smallest absolute Gasteiger partial charge is 0.241 e. The number of aryl methyl sites for hydroxylation is 2. The third-order valence-corrected chi connectivity index (χ3v) is 6.16. The molecule has 0 bridgehead atoms. The minimum atomic E-state index is -3.56. The highest BCUT2D eigenvalue weighted by atomic mass is 32.2. The summed E-state index contributed by atoms with van der Waals surface area (Å²) < 4.78 is 43.5. The summed E-state index contributed by atoms with van der Waals surface area (Å²) in [5, 5.41) is 0. The maximum absolute atomic E-state index is 12.4. The van der Waals surface area contributed by atoms with Gasteiger partial charge in [-0.25, -0.2) is 8.42 Å². The number of fused-ring (bicyclic) bond motifs is 2. The fourth-order valence-electron chi connectivity index (χ4n) is 3.29. The van der Waals surface area contributed by atoms with E-state index in [0.29, 0.717) is 22.1 Å². The molecule has 2 aromatic carbocycles. The van der Waals surface area contributed by atoms with Crippen LogP contribution in [0.1, 0.15) is 24.0 Å². The minimum Gasteiger partial charge on any atom is -0.481 e. The van der Waals surface area contributed by atoms with E-state index in [2.05, 4.69) is 16.6 Å².